The summed E-state index contributed by atoms with van der Waals surface area (Å²) in [6.07, 6.45) is 2.98. The number of esters is 1. The fourth-order valence-corrected chi connectivity index (χ4v) is 2.72. The number of hydrogen-bond donors (Lipinski definition) is 0. The molecule has 1 saturated heterocycles. The van der Waals surface area contributed by atoms with E-state index >= 15 is 0 Å². The average Bonchev–Trinajstić information content (AvgIpc) is 2.59. The van der Waals surface area contributed by atoms with Crippen molar-refractivity contribution in [3.63, 3.8) is 0 Å². The molecule has 0 bridgehead atoms. The maximum Gasteiger partial charge on any atom is 0.338 e. The van der Waals surface area contributed by atoms with Gasteiger partial charge in [0, 0.05) is 18.7 Å². The first-order valence-corrected chi connectivity index (χ1v) is 7.73. The number of nitro groups is 1. The first kappa shape index (κ1) is 17.7. The molecule has 0 aliphatic carbocycles. The number of nitro benzene ring substituents is 1. The molecule has 0 aromatic heterocycles. The van der Waals surface area contributed by atoms with Gasteiger partial charge in [0.2, 0.25) is 0 Å². The third kappa shape index (κ3) is 4.01. The van der Waals surface area contributed by atoms with Crippen LogP contribution in [0.2, 0.25) is 0 Å². The first-order valence-electron chi connectivity index (χ1n) is 7.73. The van der Waals surface area contributed by atoms with Crippen LogP contribution < -0.4 is 4.74 Å². The van der Waals surface area contributed by atoms with Gasteiger partial charge in [-0.25, -0.2) is 4.79 Å². The number of benzene rings is 1. The molecule has 2 rings (SSSR count). The van der Waals surface area contributed by atoms with E-state index in [9.17, 15) is 19.7 Å². The summed E-state index contributed by atoms with van der Waals surface area (Å²) in [6, 6.07) is 3.89. The fraction of sp³-hybridized carbons (Fsp3) is 0.500. The van der Waals surface area contributed by atoms with Crippen molar-refractivity contribution >= 4 is 17.6 Å². The van der Waals surface area contributed by atoms with Crippen molar-refractivity contribution in [2.75, 3.05) is 20.3 Å². The number of nitrogens with zero attached hydrogens (tertiary/aromatic N) is 2. The first-order chi connectivity index (χ1) is 11.4. The average molecular weight is 336 g/mol. The minimum atomic E-state index is -0.678. The maximum absolute atomic E-state index is 12.2. The van der Waals surface area contributed by atoms with Crippen molar-refractivity contribution in [3.8, 4) is 5.75 Å². The highest BCUT2D eigenvalue weighted by molar-refractivity contribution is 5.90. The van der Waals surface area contributed by atoms with E-state index in [1.807, 2.05) is 6.92 Å². The molecule has 1 aliphatic heterocycles. The molecule has 8 nitrogen and oxygen atoms in total. The summed E-state index contributed by atoms with van der Waals surface area (Å²) in [7, 11) is 1.19. The Morgan fingerprint density at radius 2 is 2.12 bits per heavy atom. The Morgan fingerprint density at radius 3 is 2.75 bits per heavy atom. The number of likely N-dealkylation sites (tertiary alicyclic amines) is 1. The van der Waals surface area contributed by atoms with Crippen LogP contribution in [0.25, 0.3) is 0 Å². The number of carbonyl (C=O) groups excluding carboxylic acids is 2. The lowest BCUT2D eigenvalue weighted by atomic mass is 10.0. The lowest BCUT2D eigenvalue weighted by Crippen LogP contribution is -2.44. The summed E-state index contributed by atoms with van der Waals surface area (Å²) >= 11 is 0. The van der Waals surface area contributed by atoms with E-state index in [0.29, 0.717) is 6.54 Å². The molecule has 1 amide bonds. The predicted molar refractivity (Wildman–Crippen MR) is 85.0 cm³/mol. The Kier molecular flexibility index (Phi) is 5.73. The van der Waals surface area contributed by atoms with Crippen molar-refractivity contribution in [2.24, 2.45) is 0 Å². The second kappa shape index (κ2) is 7.76. The topological polar surface area (TPSA) is 99.0 Å². The molecule has 1 heterocycles. The largest absolute Gasteiger partial charge is 0.477 e. The minimum Gasteiger partial charge on any atom is -0.477 e. The molecule has 0 radical (unpaired) electrons. The molecular weight excluding hydrogens is 316 g/mol. The minimum absolute atomic E-state index is 0.0486. The van der Waals surface area contributed by atoms with E-state index in [0.717, 1.165) is 25.3 Å². The van der Waals surface area contributed by atoms with Gasteiger partial charge in [0.25, 0.3) is 5.91 Å². The van der Waals surface area contributed by atoms with E-state index in [1.54, 1.807) is 4.90 Å². The zero-order valence-corrected chi connectivity index (χ0v) is 13.7. The molecule has 1 aromatic carbocycles. The third-order valence-electron chi connectivity index (χ3n) is 4.05. The number of piperidine rings is 1. The van der Waals surface area contributed by atoms with Crippen LogP contribution >= 0.6 is 0 Å². The Morgan fingerprint density at radius 1 is 1.38 bits per heavy atom. The summed E-state index contributed by atoms with van der Waals surface area (Å²) < 4.78 is 9.88. The van der Waals surface area contributed by atoms with Gasteiger partial charge in [-0.1, -0.05) is 0 Å². The molecule has 24 heavy (non-hydrogen) atoms. The van der Waals surface area contributed by atoms with Crippen molar-refractivity contribution in [3.05, 3.63) is 33.9 Å². The second-order valence-corrected chi connectivity index (χ2v) is 5.65. The molecule has 130 valence electrons. The van der Waals surface area contributed by atoms with Crippen molar-refractivity contribution < 1.29 is 24.0 Å². The van der Waals surface area contributed by atoms with Crippen LogP contribution in [0.15, 0.2) is 18.2 Å². The van der Waals surface area contributed by atoms with Crippen LogP contribution in [0, 0.1) is 10.1 Å². The van der Waals surface area contributed by atoms with Crippen molar-refractivity contribution in [1.29, 1.82) is 0 Å². The molecule has 8 heteroatoms. The number of methoxy groups -OCH3 is 1. The van der Waals surface area contributed by atoms with Gasteiger partial charge >= 0.3 is 11.7 Å². The van der Waals surface area contributed by atoms with Gasteiger partial charge in [0.15, 0.2) is 12.4 Å². The summed E-state index contributed by atoms with van der Waals surface area (Å²) in [5.74, 6) is -0.929. The van der Waals surface area contributed by atoms with Crippen LogP contribution in [-0.4, -0.2) is 48.0 Å². The number of amides is 1. The van der Waals surface area contributed by atoms with Gasteiger partial charge in [-0.3, -0.25) is 14.9 Å². The maximum atomic E-state index is 12.2. The van der Waals surface area contributed by atoms with Crippen molar-refractivity contribution in [1.82, 2.24) is 4.90 Å². The Labute approximate surface area is 139 Å². The van der Waals surface area contributed by atoms with E-state index < -0.39 is 10.9 Å². The number of hydrogen-bond acceptors (Lipinski definition) is 6. The van der Waals surface area contributed by atoms with E-state index in [4.69, 9.17) is 4.74 Å². The monoisotopic (exact) mass is 336 g/mol. The zero-order chi connectivity index (χ0) is 17.7. The lowest BCUT2D eigenvalue weighted by molar-refractivity contribution is -0.385. The highest BCUT2D eigenvalue weighted by atomic mass is 16.6. The van der Waals surface area contributed by atoms with E-state index in [1.165, 1.54) is 19.2 Å². The summed E-state index contributed by atoms with van der Waals surface area (Å²) in [6.45, 7) is 2.38. The Bertz CT molecular complexity index is 645. The highest BCUT2D eigenvalue weighted by Crippen LogP contribution is 2.28. The van der Waals surface area contributed by atoms with Crippen LogP contribution in [0.4, 0.5) is 5.69 Å². The van der Waals surface area contributed by atoms with Crippen LogP contribution in [-0.2, 0) is 9.53 Å². The SMILES string of the molecule is COC(=O)c1ccc(OCC(=O)N2CCCC[C@@H]2C)c([N+](=O)[O-])c1. The van der Waals surface area contributed by atoms with Gasteiger partial charge in [0.05, 0.1) is 17.6 Å². The van der Waals surface area contributed by atoms with Gasteiger partial charge in [-0.05, 0) is 38.3 Å². The molecule has 0 spiro atoms. The lowest BCUT2D eigenvalue weighted by Gasteiger charge is -2.33. The second-order valence-electron chi connectivity index (χ2n) is 5.65. The summed E-state index contributed by atoms with van der Waals surface area (Å²) in [4.78, 5) is 35.9. The molecular formula is C16H20N2O6. The molecule has 1 aromatic rings. The normalized spacial score (nSPS) is 17.2. The van der Waals surface area contributed by atoms with Crippen LogP contribution in [0.1, 0.15) is 36.5 Å². The van der Waals surface area contributed by atoms with Gasteiger partial charge in [-0.15, -0.1) is 0 Å². The van der Waals surface area contributed by atoms with Crippen LogP contribution in [0.3, 0.4) is 0 Å². The van der Waals surface area contributed by atoms with E-state index in [2.05, 4.69) is 4.74 Å². The fourth-order valence-electron chi connectivity index (χ4n) is 2.72. The smallest absolute Gasteiger partial charge is 0.338 e. The number of carbonyl (C=O) groups is 2. The summed E-state index contributed by atoms with van der Waals surface area (Å²) in [5, 5.41) is 11.2. The highest BCUT2D eigenvalue weighted by Gasteiger charge is 2.25. The zero-order valence-electron chi connectivity index (χ0n) is 13.7. The summed E-state index contributed by atoms with van der Waals surface area (Å²) in [5.41, 5.74) is -0.329. The van der Waals surface area contributed by atoms with Gasteiger partial charge in [0.1, 0.15) is 0 Å². The Hall–Kier alpha value is -2.64. The molecule has 0 N–H and O–H groups in total. The number of rotatable bonds is 5. The Balaban J connectivity index is 2.10. The van der Waals surface area contributed by atoms with Gasteiger partial charge in [-0.2, -0.15) is 0 Å². The molecule has 0 unspecified atom stereocenters. The molecule has 1 atom stereocenters. The molecule has 1 fully saturated rings. The predicted octanol–water partition coefficient (Wildman–Crippen LogP) is 2.16. The van der Waals surface area contributed by atoms with E-state index in [-0.39, 0.29) is 35.6 Å². The van der Waals surface area contributed by atoms with Crippen LogP contribution in [0.5, 0.6) is 5.75 Å². The standard InChI is InChI=1S/C16H20N2O6/c1-11-5-3-4-8-17(11)15(19)10-24-14-7-6-12(16(20)23-2)9-13(14)18(21)22/h6-7,9,11H,3-5,8,10H2,1-2H3/t11-/m0/s1. The quantitative estimate of drug-likeness (QED) is 0.464. The third-order valence-corrected chi connectivity index (χ3v) is 4.05. The number of ether oxygens (including phenoxy) is 2. The van der Waals surface area contributed by atoms with Crippen molar-refractivity contribution in [2.45, 2.75) is 32.2 Å². The van der Waals surface area contributed by atoms with Gasteiger partial charge < -0.3 is 14.4 Å². The molecule has 1 aliphatic rings. The molecule has 0 saturated carbocycles.